The predicted molar refractivity (Wildman–Crippen MR) is 56.7 cm³/mol. The third-order valence-corrected chi connectivity index (χ3v) is 2.01. The van der Waals surface area contributed by atoms with E-state index in [9.17, 15) is 0 Å². The Kier molecular flexibility index (Phi) is 12.8. The van der Waals surface area contributed by atoms with E-state index in [1.165, 1.54) is 25.7 Å². The van der Waals surface area contributed by atoms with Gasteiger partial charge >= 0.3 is 0 Å². The van der Waals surface area contributed by atoms with Crippen LogP contribution in [0.5, 0.6) is 0 Å². The minimum absolute atomic E-state index is 0.617. The molecule has 0 aliphatic carbocycles. The molecule has 0 aromatic heterocycles. The highest BCUT2D eigenvalue weighted by Gasteiger charge is 1.91. The first-order valence-electron chi connectivity index (χ1n) is 5.82. The third-order valence-electron chi connectivity index (χ3n) is 2.01. The molecule has 0 heterocycles. The summed E-state index contributed by atoms with van der Waals surface area (Å²) < 4.78 is 0. The third kappa shape index (κ3) is 11.9. The fourth-order valence-corrected chi connectivity index (χ4v) is 1.07. The van der Waals surface area contributed by atoms with Crippen molar-refractivity contribution in [3.05, 3.63) is 0 Å². The molecular formula is C11H24O3. The number of unbranched alkanes of at least 4 members (excludes halogenated alkanes) is 5. The van der Waals surface area contributed by atoms with Crippen LogP contribution in [0.3, 0.4) is 0 Å². The molecule has 0 amide bonds. The molecule has 0 atom stereocenters. The van der Waals surface area contributed by atoms with E-state index in [2.05, 4.69) is 18.9 Å². The maximum absolute atomic E-state index is 4.84. The first kappa shape index (κ1) is 13.9. The molecule has 0 aromatic carbocycles. The van der Waals surface area contributed by atoms with Crippen LogP contribution < -0.4 is 0 Å². The van der Waals surface area contributed by atoms with Crippen LogP contribution in [0.15, 0.2) is 0 Å². The van der Waals surface area contributed by atoms with E-state index in [1.807, 2.05) is 0 Å². The minimum Gasteiger partial charge on any atom is -0.206 e. The van der Waals surface area contributed by atoms with Crippen molar-refractivity contribution in [2.75, 3.05) is 13.2 Å². The predicted octanol–water partition coefficient (Wildman–Crippen LogP) is 3.64. The Hall–Kier alpha value is -0.120. The molecule has 0 bridgehead atoms. The molecule has 0 rings (SSSR count). The van der Waals surface area contributed by atoms with Crippen LogP contribution in [0, 0.1) is 0 Å². The summed E-state index contributed by atoms with van der Waals surface area (Å²) in [7, 11) is 0. The molecule has 0 aromatic rings. The topological polar surface area (TPSA) is 27.7 Å². The van der Waals surface area contributed by atoms with Gasteiger partial charge in [-0.2, -0.15) is 0 Å². The number of hydrogen-bond acceptors (Lipinski definition) is 3. The lowest BCUT2D eigenvalue weighted by atomic mass is 10.2. The standard InChI is InChI=1S/C11H24O3/c1-3-5-7-8-9-11-13-14-12-10-6-4-2/h3-11H2,1-2H3. The fraction of sp³-hybridized carbons (Fsp3) is 1.00. The molecule has 0 saturated carbocycles. The Labute approximate surface area is 87.6 Å². The Morgan fingerprint density at radius 2 is 1.21 bits per heavy atom. The normalized spacial score (nSPS) is 10.7. The largest absolute Gasteiger partial charge is 0.206 e. The first-order valence-corrected chi connectivity index (χ1v) is 5.82. The van der Waals surface area contributed by atoms with Crippen molar-refractivity contribution in [3.8, 4) is 0 Å². The smallest absolute Gasteiger partial charge is 0.0853 e. The van der Waals surface area contributed by atoms with Crippen LogP contribution in [-0.2, 0) is 14.8 Å². The van der Waals surface area contributed by atoms with Crippen molar-refractivity contribution in [2.24, 2.45) is 0 Å². The van der Waals surface area contributed by atoms with Crippen molar-refractivity contribution < 1.29 is 14.8 Å². The van der Waals surface area contributed by atoms with Crippen LogP contribution >= 0.6 is 0 Å². The van der Waals surface area contributed by atoms with Gasteiger partial charge in [-0.3, -0.25) is 0 Å². The zero-order valence-corrected chi connectivity index (χ0v) is 9.59. The second-order valence-corrected chi connectivity index (χ2v) is 3.48. The van der Waals surface area contributed by atoms with Gasteiger partial charge < -0.3 is 0 Å². The Bertz CT molecular complexity index is 84.5. The van der Waals surface area contributed by atoms with Crippen LogP contribution in [0.4, 0.5) is 0 Å². The highest BCUT2D eigenvalue weighted by molar-refractivity contribution is 4.39. The van der Waals surface area contributed by atoms with Gasteiger partial charge in [0.15, 0.2) is 0 Å². The van der Waals surface area contributed by atoms with Crippen LogP contribution in [0.1, 0.15) is 58.8 Å². The Morgan fingerprint density at radius 1 is 0.643 bits per heavy atom. The van der Waals surface area contributed by atoms with Gasteiger partial charge in [0.2, 0.25) is 0 Å². The maximum Gasteiger partial charge on any atom is 0.0853 e. The number of hydrogen-bond donors (Lipinski definition) is 0. The zero-order chi connectivity index (χ0) is 10.5. The van der Waals surface area contributed by atoms with Gasteiger partial charge in [0, 0.05) is 0 Å². The molecule has 0 unspecified atom stereocenters. The molecule has 86 valence electrons. The van der Waals surface area contributed by atoms with Crippen molar-refractivity contribution in [2.45, 2.75) is 58.8 Å². The maximum atomic E-state index is 4.84. The summed E-state index contributed by atoms with van der Waals surface area (Å²) in [4.78, 5) is 9.62. The molecule has 0 radical (unpaired) electrons. The molecule has 3 nitrogen and oxygen atoms in total. The molecule has 0 aliphatic rings. The molecule has 3 heteroatoms. The molecule has 0 spiro atoms. The van der Waals surface area contributed by atoms with Gasteiger partial charge in [-0.15, -0.1) is 0 Å². The summed E-state index contributed by atoms with van der Waals surface area (Å²) in [5.74, 6) is 0. The van der Waals surface area contributed by atoms with E-state index in [-0.39, 0.29) is 0 Å². The number of rotatable bonds is 11. The van der Waals surface area contributed by atoms with Crippen LogP contribution in [0.25, 0.3) is 0 Å². The minimum atomic E-state index is 0.617. The SMILES string of the molecule is CCCCCCCOOOCCCC. The van der Waals surface area contributed by atoms with E-state index in [0.29, 0.717) is 13.2 Å². The lowest BCUT2D eigenvalue weighted by molar-refractivity contribution is -0.512. The molecule has 0 aliphatic heterocycles. The summed E-state index contributed by atoms with van der Waals surface area (Å²) in [6, 6.07) is 0. The first-order chi connectivity index (χ1) is 6.91. The van der Waals surface area contributed by atoms with Crippen molar-refractivity contribution in [3.63, 3.8) is 0 Å². The average Bonchev–Trinajstić information content (AvgIpc) is 2.21. The fourth-order valence-electron chi connectivity index (χ4n) is 1.07. The highest BCUT2D eigenvalue weighted by atomic mass is 17.5. The second-order valence-electron chi connectivity index (χ2n) is 3.48. The molecule has 14 heavy (non-hydrogen) atoms. The second kappa shape index (κ2) is 12.9. The lowest BCUT2D eigenvalue weighted by Gasteiger charge is -2.02. The molecule has 0 saturated heterocycles. The lowest BCUT2D eigenvalue weighted by Crippen LogP contribution is -1.99. The van der Waals surface area contributed by atoms with Crippen LogP contribution in [-0.4, -0.2) is 13.2 Å². The zero-order valence-electron chi connectivity index (χ0n) is 9.59. The van der Waals surface area contributed by atoms with Gasteiger partial charge in [-0.25, -0.2) is 9.78 Å². The quantitative estimate of drug-likeness (QED) is 0.292. The highest BCUT2D eigenvalue weighted by Crippen LogP contribution is 2.02. The summed E-state index contributed by atoms with van der Waals surface area (Å²) >= 11 is 0. The van der Waals surface area contributed by atoms with E-state index in [0.717, 1.165) is 19.3 Å². The molecule has 0 N–H and O–H groups in total. The summed E-state index contributed by atoms with van der Waals surface area (Å²) in [5.41, 5.74) is 0. The molecular weight excluding hydrogens is 180 g/mol. The summed E-state index contributed by atoms with van der Waals surface area (Å²) in [6.07, 6.45) is 8.27. The van der Waals surface area contributed by atoms with Gasteiger partial charge in [-0.05, 0) is 12.8 Å². The van der Waals surface area contributed by atoms with Crippen molar-refractivity contribution in [1.82, 2.24) is 0 Å². The molecule has 0 fully saturated rings. The summed E-state index contributed by atoms with van der Waals surface area (Å²) in [5, 5.41) is 4.54. The van der Waals surface area contributed by atoms with Crippen molar-refractivity contribution in [1.29, 1.82) is 0 Å². The van der Waals surface area contributed by atoms with Crippen molar-refractivity contribution >= 4 is 0 Å². The van der Waals surface area contributed by atoms with Gasteiger partial charge in [-0.1, -0.05) is 51.0 Å². The monoisotopic (exact) mass is 204 g/mol. The van der Waals surface area contributed by atoms with E-state index < -0.39 is 0 Å². The van der Waals surface area contributed by atoms with Crippen LogP contribution in [0.2, 0.25) is 0 Å². The summed E-state index contributed by atoms with van der Waals surface area (Å²) in [6.45, 7) is 5.57. The van der Waals surface area contributed by atoms with Gasteiger partial charge in [0.25, 0.3) is 0 Å². The van der Waals surface area contributed by atoms with E-state index in [4.69, 9.17) is 9.78 Å². The van der Waals surface area contributed by atoms with Gasteiger partial charge in [0.05, 0.1) is 13.2 Å². The van der Waals surface area contributed by atoms with E-state index in [1.54, 1.807) is 0 Å². The van der Waals surface area contributed by atoms with Gasteiger partial charge in [0.1, 0.15) is 0 Å². The average molecular weight is 204 g/mol. The Balaban J connectivity index is 2.78. The Morgan fingerprint density at radius 3 is 1.86 bits per heavy atom. The van der Waals surface area contributed by atoms with E-state index >= 15 is 0 Å².